The number of fused-ring (bicyclic) bond motifs is 1. The van der Waals surface area contributed by atoms with E-state index in [1.54, 1.807) is 6.07 Å². The summed E-state index contributed by atoms with van der Waals surface area (Å²) in [6, 6.07) is 16.7. The van der Waals surface area contributed by atoms with Crippen molar-refractivity contribution in [3.8, 4) is 5.75 Å². The molecule has 7 heteroatoms. The zero-order chi connectivity index (χ0) is 18.5. The zero-order valence-corrected chi connectivity index (χ0v) is 16.7. The van der Waals surface area contributed by atoms with Gasteiger partial charge in [-0.1, -0.05) is 46.3 Å². The summed E-state index contributed by atoms with van der Waals surface area (Å²) in [4.78, 5) is 12.0. The second-order valence-corrected chi connectivity index (χ2v) is 7.26. The van der Waals surface area contributed by atoms with E-state index in [0.717, 1.165) is 25.4 Å². The van der Waals surface area contributed by atoms with Crippen molar-refractivity contribution in [3.63, 3.8) is 0 Å². The van der Waals surface area contributed by atoms with Gasteiger partial charge in [0.25, 0.3) is 5.91 Å². The first-order valence-electron chi connectivity index (χ1n) is 7.76. The Morgan fingerprint density at radius 1 is 1.12 bits per heavy atom. The molecule has 0 saturated carbocycles. The second-order valence-electron chi connectivity index (χ2n) is 5.49. The van der Waals surface area contributed by atoms with E-state index in [4.69, 9.17) is 0 Å². The van der Waals surface area contributed by atoms with Crippen molar-refractivity contribution in [2.75, 3.05) is 11.9 Å². The summed E-state index contributed by atoms with van der Waals surface area (Å²) in [5.41, 5.74) is 3.82. The van der Waals surface area contributed by atoms with Crippen LogP contribution in [0.4, 0.5) is 5.69 Å². The number of phenolic OH excluding ortho intramolecular Hbond substituents is 1. The second kappa shape index (κ2) is 8.33. The fraction of sp³-hybridized carbons (Fsp3) is 0.0526. The summed E-state index contributed by atoms with van der Waals surface area (Å²) in [6.45, 7) is 0.0685. The standard InChI is InChI=1S/C19H15Br2N3O2/c20-13-6-7-17(16(21)9-13)22-11-19(26)24-23-10-15-14-4-2-1-3-12(14)5-8-18(15)25/h1-10,22,25H,11H2,(H,24,26)/b23-10+. The van der Waals surface area contributed by atoms with Crippen molar-refractivity contribution in [2.24, 2.45) is 5.10 Å². The predicted molar refractivity (Wildman–Crippen MR) is 112 cm³/mol. The molecular weight excluding hydrogens is 462 g/mol. The van der Waals surface area contributed by atoms with E-state index in [9.17, 15) is 9.90 Å². The van der Waals surface area contributed by atoms with Gasteiger partial charge < -0.3 is 10.4 Å². The number of carbonyl (C=O) groups excluding carboxylic acids is 1. The number of hydrogen-bond acceptors (Lipinski definition) is 4. The van der Waals surface area contributed by atoms with Crippen LogP contribution in [0.5, 0.6) is 5.75 Å². The van der Waals surface area contributed by atoms with Crippen LogP contribution in [-0.4, -0.2) is 23.8 Å². The molecule has 0 aliphatic carbocycles. The van der Waals surface area contributed by atoms with E-state index in [-0.39, 0.29) is 18.2 Å². The van der Waals surface area contributed by atoms with Crippen LogP contribution in [0.1, 0.15) is 5.56 Å². The highest BCUT2D eigenvalue weighted by atomic mass is 79.9. The molecule has 3 aromatic carbocycles. The van der Waals surface area contributed by atoms with E-state index in [2.05, 4.69) is 47.7 Å². The van der Waals surface area contributed by atoms with Crippen molar-refractivity contribution in [2.45, 2.75) is 0 Å². The Kier molecular flexibility index (Phi) is 5.90. The fourth-order valence-corrected chi connectivity index (χ4v) is 3.62. The van der Waals surface area contributed by atoms with Gasteiger partial charge in [-0.2, -0.15) is 5.10 Å². The fourth-order valence-electron chi connectivity index (χ4n) is 2.44. The van der Waals surface area contributed by atoms with Crippen LogP contribution in [0.25, 0.3) is 10.8 Å². The first-order valence-corrected chi connectivity index (χ1v) is 9.35. The Morgan fingerprint density at radius 3 is 2.73 bits per heavy atom. The third-order valence-corrected chi connectivity index (χ3v) is 4.85. The molecule has 0 fully saturated rings. The maximum absolute atomic E-state index is 12.0. The largest absolute Gasteiger partial charge is 0.507 e. The van der Waals surface area contributed by atoms with Crippen LogP contribution in [-0.2, 0) is 4.79 Å². The maximum atomic E-state index is 12.0. The number of carbonyl (C=O) groups is 1. The van der Waals surface area contributed by atoms with Gasteiger partial charge in [0.2, 0.25) is 0 Å². The Bertz CT molecular complexity index is 990. The smallest absolute Gasteiger partial charge is 0.259 e. The summed E-state index contributed by atoms with van der Waals surface area (Å²) in [5.74, 6) is -0.186. The van der Waals surface area contributed by atoms with E-state index in [1.807, 2.05) is 48.5 Å². The SMILES string of the molecule is O=C(CNc1ccc(Br)cc1Br)N/N=C/c1c(O)ccc2ccccc12. The lowest BCUT2D eigenvalue weighted by molar-refractivity contribution is -0.119. The van der Waals surface area contributed by atoms with Crippen LogP contribution in [0.2, 0.25) is 0 Å². The van der Waals surface area contributed by atoms with Crippen LogP contribution >= 0.6 is 31.9 Å². The summed E-state index contributed by atoms with van der Waals surface area (Å²) in [5, 5.41) is 18.9. The normalized spacial score (nSPS) is 11.0. The highest BCUT2D eigenvalue weighted by Gasteiger charge is 2.06. The number of phenols is 1. The summed E-state index contributed by atoms with van der Waals surface area (Å²) in [6.07, 6.45) is 1.45. The molecule has 5 nitrogen and oxygen atoms in total. The number of amides is 1. The van der Waals surface area contributed by atoms with Crippen LogP contribution in [0.3, 0.4) is 0 Å². The Morgan fingerprint density at radius 2 is 1.92 bits per heavy atom. The van der Waals surface area contributed by atoms with Gasteiger partial charge in [-0.3, -0.25) is 4.79 Å². The molecule has 0 atom stereocenters. The van der Waals surface area contributed by atoms with E-state index >= 15 is 0 Å². The number of anilines is 1. The first kappa shape index (κ1) is 18.4. The highest BCUT2D eigenvalue weighted by molar-refractivity contribution is 9.11. The van der Waals surface area contributed by atoms with E-state index < -0.39 is 0 Å². The summed E-state index contributed by atoms with van der Waals surface area (Å²) >= 11 is 6.81. The lowest BCUT2D eigenvalue weighted by atomic mass is 10.0. The van der Waals surface area contributed by atoms with Gasteiger partial charge in [0, 0.05) is 20.2 Å². The van der Waals surface area contributed by atoms with Gasteiger partial charge in [0.1, 0.15) is 5.75 Å². The molecule has 0 unspecified atom stereocenters. The molecule has 0 saturated heterocycles. The van der Waals surface area contributed by atoms with Crippen LogP contribution in [0.15, 0.2) is 68.6 Å². The minimum absolute atomic E-state index is 0.0685. The number of halogens is 2. The van der Waals surface area contributed by atoms with Crippen molar-refractivity contribution >= 4 is 60.4 Å². The van der Waals surface area contributed by atoms with Crippen molar-refractivity contribution in [1.82, 2.24) is 5.43 Å². The van der Waals surface area contributed by atoms with Crippen LogP contribution < -0.4 is 10.7 Å². The minimum Gasteiger partial charge on any atom is -0.507 e. The van der Waals surface area contributed by atoms with Gasteiger partial charge in [-0.25, -0.2) is 5.43 Å². The van der Waals surface area contributed by atoms with Crippen LogP contribution in [0, 0.1) is 0 Å². The molecule has 3 aromatic rings. The molecule has 0 aliphatic rings. The number of rotatable bonds is 5. The molecule has 1 amide bonds. The van der Waals surface area contributed by atoms with Crippen molar-refractivity contribution < 1.29 is 9.90 Å². The molecule has 0 bridgehead atoms. The summed E-state index contributed by atoms with van der Waals surface area (Å²) < 4.78 is 1.79. The molecule has 0 heterocycles. The Hall–Kier alpha value is -2.38. The van der Waals surface area contributed by atoms with E-state index in [0.29, 0.717) is 5.56 Å². The minimum atomic E-state index is -0.296. The molecular formula is C19H15Br2N3O2. The third-order valence-electron chi connectivity index (χ3n) is 3.70. The van der Waals surface area contributed by atoms with Crippen molar-refractivity contribution in [1.29, 1.82) is 0 Å². The Labute approximate surface area is 167 Å². The molecule has 3 rings (SSSR count). The third kappa shape index (κ3) is 4.42. The van der Waals surface area contributed by atoms with E-state index in [1.165, 1.54) is 6.21 Å². The monoisotopic (exact) mass is 475 g/mol. The van der Waals surface area contributed by atoms with Gasteiger partial charge in [0.05, 0.1) is 12.8 Å². The molecule has 26 heavy (non-hydrogen) atoms. The highest BCUT2D eigenvalue weighted by Crippen LogP contribution is 2.26. The summed E-state index contributed by atoms with van der Waals surface area (Å²) in [7, 11) is 0. The average Bonchev–Trinajstić information content (AvgIpc) is 2.63. The Balaban J connectivity index is 1.64. The first-order chi connectivity index (χ1) is 12.5. The number of hydrogen-bond donors (Lipinski definition) is 3. The maximum Gasteiger partial charge on any atom is 0.259 e. The van der Waals surface area contributed by atoms with Gasteiger partial charge in [-0.15, -0.1) is 0 Å². The van der Waals surface area contributed by atoms with Gasteiger partial charge >= 0.3 is 0 Å². The number of nitrogens with one attached hydrogen (secondary N) is 2. The topological polar surface area (TPSA) is 73.7 Å². The average molecular weight is 477 g/mol. The molecule has 0 spiro atoms. The lowest BCUT2D eigenvalue weighted by Gasteiger charge is -2.08. The van der Waals surface area contributed by atoms with Gasteiger partial charge in [0.15, 0.2) is 0 Å². The quantitative estimate of drug-likeness (QED) is 0.371. The number of hydrazone groups is 1. The predicted octanol–water partition coefficient (Wildman–Crippen LogP) is 4.63. The molecule has 132 valence electrons. The zero-order valence-electron chi connectivity index (χ0n) is 13.5. The van der Waals surface area contributed by atoms with Crippen molar-refractivity contribution in [3.05, 3.63) is 69.1 Å². The number of benzene rings is 3. The molecule has 0 aliphatic heterocycles. The number of aromatic hydroxyl groups is 1. The lowest BCUT2D eigenvalue weighted by Crippen LogP contribution is -2.26. The molecule has 0 radical (unpaired) electrons. The van der Waals surface area contributed by atoms with Gasteiger partial charge in [-0.05, 0) is 51.0 Å². The molecule has 3 N–H and O–H groups in total. The molecule has 0 aromatic heterocycles. The number of nitrogens with zero attached hydrogens (tertiary/aromatic N) is 1.